The molecule has 6 rings (SSSR count). The van der Waals surface area contributed by atoms with E-state index in [-0.39, 0.29) is 23.5 Å². The number of hydrogen-bond donors (Lipinski definition) is 2. The monoisotopic (exact) mass is 573 g/mol. The Labute approximate surface area is 242 Å². The predicted octanol–water partition coefficient (Wildman–Crippen LogP) is 4.15. The quantitative estimate of drug-likeness (QED) is 0.369. The Bertz CT molecular complexity index is 1740. The topological polar surface area (TPSA) is 109 Å². The first kappa shape index (κ1) is 27.4. The van der Waals surface area contributed by atoms with E-state index < -0.39 is 0 Å². The first-order valence-electron chi connectivity index (χ1n) is 13.7. The summed E-state index contributed by atoms with van der Waals surface area (Å²) in [7, 11) is 3.67. The van der Waals surface area contributed by atoms with Crippen LogP contribution in [0, 0.1) is 6.92 Å². The molecule has 11 heteroatoms. The standard InChI is InChI=1S/C30H35N7O3S/c1-17-7-8-20(21(16-38)26(17)36-14-18-11-24(30(2,3)4)41-27(18)29(36)40)22-13-23(28(39)35(6)32-22)31-25-12-19-15-34(5)9-10-37(19)33-25/h7-8,11-13,38H,9-10,14-16H2,1-6H3,(H,31,33). The van der Waals surface area contributed by atoms with E-state index in [4.69, 9.17) is 0 Å². The molecule has 0 spiro atoms. The van der Waals surface area contributed by atoms with Crippen LogP contribution in [0.25, 0.3) is 11.3 Å². The fourth-order valence-electron chi connectivity index (χ4n) is 5.60. The number of rotatable bonds is 5. The first-order valence-corrected chi connectivity index (χ1v) is 14.6. The highest BCUT2D eigenvalue weighted by atomic mass is 32.1. The van der Waals surface area contributed by atoms with Crippen molar-refractivity contribution in [3.63, 3.8) is 0 Å². The normalized spacial score (nSPS) is 15.4. The maximum atomic E-state index is 13.6. The summed E-state index contributed by atoms with van der Waals surface area (Å²) in [5.41, 5.74) is 5.46. The van der Waals surface area contributed by atoms with Gasteiger partial charge in [-0.25, -0.2) is 4.68 Å². The van der Waals surface area contributed by atoms with Gasteiger partial charge in [-0.1, -0.05) is 32.9 Å². The number of fused-ring (bicyclic) bond motifs is 2. The van der Waals surface area contributed by atoms with Crippen LogP contribution >= 0.6 is 11.3 Å². The number of nitrogens with one attached hydrogen (secondary N) is 1. The lowest BCUT2D eigenvalue weighted by atomic mass is 9.94. The lowest BCUT2D eigenvalue weighted by Crippen LogP contribution is -2.30. The first-order chi connectivity index (χ1) is 19.4. The third-order valence-electron chi connectivity index (χ3n) is 7.82. The zero-order valence-corrected chi connectivity index (χ0v) is 25.1. The van der Waals surface area contributed by atoms with E-state index in [1.54, 1.807) is 29.4 Å². The Morgan fingerprint density at radius 1 is 1.05 bits per heavy atom. The second-order valence-corrected chi connectivity index (χ2v) is 13.1. The number of hydrogen-bond acceptors (Lipinski definition) is 8. The molecule has 0 radical (unpaired) electrons. The SMILES string of the molecule is Cc1ccc(-c2cc(Nc3cc4n(n3)CCN(C)C4)c(=O)n(C)n2)c(CO)c1N1Cc2cc(C(C)(C)C)sc2C1=O. The fraction of sp³-hybridized carbons (Fsp3) is 0.400. The maximum Gasteiger partial charge on any atom is 0.290 e. The summed E-state index contributed by atoms with van der Waals surface area (Å²) < 4.78 is 3.25. The van der Waals surface area contributed by atoms with E-state index in [2.05, 4.69) is 54.3 Å². The van der Waals surface area contributed by atoms with Gasteiger partial charge in [0.05, 0.1) is 41.6 Å². The van der Waals surface area contributed by atoms with Gasteiger partial charge < -0.3 is 15.3 Å². The summed E-state index contributed by atoms with van der Waals surface area (Å²) in [6.45, 7) is 11.1. The predicted molar refractivity (Wildman–Crippen MR) is 161 cm³/mol. The summed E-state index contributed by atoms with van der Waals surface area (Å²) in [5, 5.41) is 23.0. The van der Waals surface area contributed by atoms with Crippen molar-refractivity contribution < 1.29 is 9.90 Å². The molecule has 5 heterocycles. The summed E-state index contributed by atoms with van der Waals surface area (Å²) >= 11 is 1.55. The number of benzene rings is 1. The van der Waals surface area contributed by atoms with Gasteiger partial charge in [0.2, 0.25) is 0 Å². The number of aromatic nitrogens is 4. The van der Waals surface area contributed by atoms with Crippen molar-refractivity contribution in [1.29, 1.82) is 0 Å². The third-order valence-corrected chi connectivity index (χ3v) is 9.41. The minimum atomic E-state index is -0.288. The average molecular weight is 574 g/mol. The van der Waals surface area contributed by atoms with Crippen LogP contribution in [-0.2, 0) is 38.7 Å². The average Bonchev–Trinajstić information content (AvgIpc) is 3.60. The number of carbonyl (C=O) groups is 1. The van der Waals surface area contributed by atoms with Crippen molar-refractivity contribution in [1.82, 2.24) is 24.5 Å². The molecule has 2 aliphatic heterocycles. The molecule has 2 aliphatic rings. The van der Waals surface area contributed by atoms with Crippen molar-refractivity contribution >= 4 is 34.4 Å². The highest BCUT2D eigenvalue weighted by Crippen LogP contribution is 2.42. The number of amides is 1. The largest absolute Gasteiger partial charge is 0.392 e. The van der Waals surface area contributed by atoms with Gasteiger partial charge in [-0.15, -0.1) is 11.3 Å². The van der Waals surface area contributed by atoms with Gasteiger partial charge in [0.1, 0.15) is 5.69 Å². The highest BCUT2D eigenvalue weighted by Gasteiger charge is 2.35. The van der Waals surface area contributed by atoms with Crippen LogP contribution < -0.4 is 15.8 Å². The molecule has 214 valence electrons. The fourth-order valence-corrected chi connectivity index (χ4v) is 6.78. The molecule has 0 saturated carbocycles. The van der Waals surface area contributed by atoms with Crippen LogP contribution in [0.4, 0.5) is 17.2 Å². The van der Waals surface area contributed by atoms with E-state index >= 15 is 0 Å². The number of aliphatic hydroxyl groups excluding tert-OH is 1. The minimum absolute atomic E-state index is 0.0286. The number of aryl methyl sites for hydroxylation is 2. The molecule has 0 saturated heterocycles. The minimum Gasteiger partial charge on any atom is -0.392 e. The third kappa shape index (κ3) is 4.77. The van der Waals surface area contributed by atoms with E-state index in [1.807, 2.05) is 29.8 Å². The van der Waals surface area contributed by atoms with E-state index in [0.29, 0.717) is 40.6 Å². The molecule has 0 unspecified atom stereocenters. The van der Waals surface area contributed by atoms with Crippen molar-refractivity contribution in [2.75, 3.05) is 23.8 Å². The summed E-state index contributed by atoms with van der Waals surface area (Å²) in [6, 6.07) is 9.61. The molecule has 10 nitrogen and oxygen atoms in total. The number of likely N-dealkylation sites (N-methyl/N-ethyl adjacent to an activating group) is 1. The second-order valence-electron chi connectivity index (χ2n) is 12.0. The van der Waals surface area contributed by atoms with Gasteiger partial charge in [0.15, 0.2) is 5.82 Å². The molecule has 0 bridgehead atoms. The Morgan fingerprint density at radius 3 is 2.54 bits per heavy atom. The molecule has 41 heavy (non-hydrogen) atoms. The molecule has 0 fully saturated rings. The van der Waals surface area contributed by atoms with Gasteiger partial charge in [-0.2, -0.15) is 10.2 Å². The van der Waals surface area contributed by atoms with E-state index in [1.165, 1.54) is 9.56 Å². The Hall–Kier alpha value is -3.80. The van der Waals surface area contributed by atoms with E-state index in [0.717, 1.165) is 41.3 Å². The molecule has 1 aromatic carbocycles. The summed E-state index contributed by atoms with van der Waals surface area (Å²) in [6.07, 6.45) is 0. The number of carbonyl (C=O) groups excluding carboxylic acids is 1. The Morgan fingerprint density at radius 2 is 1.83 bits per heavy atom. The van der Waals surface area contributed by atoms with E-state index in [9.17, 15) is 14.7 Å². The van der Waals surface area contributed by atoms with Gasteiger partial charge in [0, 0.05) is 42.2 Å². The smallest absolute Gasteiger partial charge is 0.290 e. The van der Waals surface area contributed by atoms with Gasteiger partial charge in [-0.05, 0) is 42.6 Å². The van der Waals surface area contributed by atoms with Crippen LogP contribution in [0.1, 0.15) is 57.7 Å². The zero-order valence-electron chi connectivity index (χ0n) is 24.3. The van der Waals surface area contributed by atoms with Crippen molar-refractivity contribution in [3.8, 4) is 11.3 Å². The lowest BCUT2D eigenvalue weighted by molar-refractivity contribution is 0.0999. The number of anilines is 3. The van der Waals surface area contributed by atoms with Crippen LogP contribution in [0.2, 0.25) is 0 Å². The highest BCUT2D eigenvalue weighted by molar-refractivity contribution is 7.14. The molecular formula is C30H35N7O3S. The van der Waals surface area contributed by atoms with Crippen LogP contribution in [-0.4, -0.2) is 49.1 Å². The summed E-state index contributed by atoms with van der Waals surface area (Å²) in [5.74, 6) is 0.542. The molecular weight excluding hydrogens is 538 g/mol. The number of aliphatic hydroxyl groups is 1. The van der Waals surface area contributed by atoms with Crippen LogP contribution in [0.15, 0.2) is 35.1 Å². The molecule has 1 amide bonds. The summed E-state index contributed by atoms with van der Waals surface area (Å²) in [4.78, 5) is 32.6. The van der Waals surface area contributed by atoms with Crippen LogP contribution in [0.3, 0.4) is 0 Å². The number of nitrogens with zero attached hydrogens (tertiary/aromatic N) is 6. The van der Waals surface area contributed by atoms with Crippen molar-refractivity contribution in [2.24, 2.45) is 7.05 Å². The Balaban J connectivity index is 1.38. The van der Waals surface area contributed by atoms with Gasteiger partial charge in [0.25, 0.3) is 11.5 Å². The molecule has 4 aromatic rings. The van der Waals surface area contributed by atoms with Gasteiger partial charge >= 0.3 is 0 Å². The van der Waals surface area contributed by atoms with Crippen molar-refractivity contribution in [3.05, 3.63) is 72.8 Å². The second kappa shape index (κ2) is 9.93. The van der Waals surface area contributed by atoms with Crippen molar-refractivity contribution in [2.45, 2.75) is 59.4 Å². The molecule has 3 aromatic heterocycles. The maximum absolute atomic E-state index is 13.6. The number of thiophene rings is 1. The zero-order chi connectivity index (χ0) is 29.2. The Kier molecular flexibility index (Phi) is 6.63. The molecule has 0 atom stereocenters. The lowest BCUT2D eigenvalue weighted by Gasteiger charge is -2.24. The van der Waals surface area contributed by atoms with Crippen LogP contribution in [0.5, 0.6) is 0 Å². The molecule has 2 N–H and O–H groups in total. The van der Waals surface area contributed by atoms with Gasteiger partial charge in [-0.3, -0.25) is 19.2 Å². The molecule has 0 aliphatic carbocycles.